The lowest BCUT2D eigenvalue weighted by Gasteiger charge is -2.02. The third kappa shape index (κ3) is 1.74. The molecule has 0 saturated carbocycles. The molecule has 0 spiro atoms. The molecule has 80 valence electrons. The lowest BCUT2D eigenvalue weighted by Crippen LogP contribution is -1.98. The average molecular weight is 228 g/mol. The Morgan fingerprint density at radius 1 is 1.19 bits per heavy atom. The third-order valence-electron chi connectivity index (χ3n) is 2.75. The van der Waals surface area contributed by atoms with Gasteiger partial charge in [0.2, 0.25) is 0 Å². The first-order chi connectivity index (χ1) is 7.93. The zero-order valence-corrected chi connectivity index (χ0v) is 9.65. The molecule has 2 aromatic heterocycles. The average Bonchev–Trinajstić information content (AvgIpc) is 2.96. The van der Waals surface area contributed by atoms with Crippen LogP contribution in [0.5, 0.6) is 0 Å². The first-order valence-electron chi connectivity index (χ1n) is 5.34. The summed E-state index contributed by atoms with van der Waals surface area (Å²) in [4.78, 5) is 4.38. The predicted octanol–water partition coefficient (Wildman–Crippen LogP) is 3.34. The van der Waals surface area contributed by atoms with Crippen molar-refractivity contribution < 1.29 is 0 Å². The summed E-state index contributed by atoms with van der Waals surface area (Å²) in [6, 6.07) is 10.4. The summed E-state index contributed by atoms with van der Waals surface area (Å²) in [5, 5.41) is 4.33. The Morgan fingerprint density at radius 2 is 2.12 bits per heavy atom. The Kier molecular flexibility index (Phi) is 2.46. The van der Waals surface area contributed by atoms with Gasteiger partial charge in [0.15, 0.2) is 0 Å². The Morgan fingerprint density at radius 3 is 3.00 bits per heavy atom. The summed E-state index contributed by atoms with van der Waals surface area (Å²) in [5.74, 6) is 0. The van der Waals surface area contributed by atoms with Crippen LogP contribution in [0.1, 0.15) is 5.56 Å². The quantitative estimate of drug-likeness (QED) is 0.672. The molecule has 3 rings (SSSR count). The van der Waals surface area contributed by atoms with Gasteiger partial charge in [-0.1, -0.05) is 12.1 Å². The fourth-order valence-electron chi connectivity index (χ4n) is 1.87. The zero-order valence-electron chi connectivity index (χ0n) is 8.84. The van der Waals surface area contributed by atoms with Crippen molar-refractivity contribution in [3.8, 4) is 0 Å². The topological polar surface area (TPSA) is 17.8 Å². The minimum atomic E-state index is 0.997. The Hall–Kier alpha value is -1.61. The highest BCUT2D eigenvalue weighted by atomic mass is 32.1. The van der Waals surface area contributed by atoms with Gasteiger partial charge in [0.25, 0.3) is 0 Å². The van der Waals surface area contributed by atoms with E-state index in [-0.39, 0.29) is 0 Å². The number of hydrogen-bond acceptors (Lipinski definition) is 2. The van der Waals surface area contributed by atoms with Crippen LogP contribution in [0.15, 0.2) is 47.4 Å². The van der Waals surface area contributed by atoms with Crippen molar-refractivity contribution in [2.24, 2.45) is 0 Å². The predicted molar refractivity (Wildman–Crippen MR) is 67.8 cm³/mol. The SMILES string of the molecule is c1ccc2c(c1)ncn2CCc1ccsc1. The number of aryl methyl sites for hydroxylation is 2. The van der Waals surface area contributed by atoms with E-state index < -0.39 is 0 Å². The normalized spacial score (nSPS) is 11.0. The van der Waals surface area contributed by atoms with E-state index >= 15 is 0 Å². The highest BCUT2D eigenvalue weighted by molar-refractivity contribution is 7.07. The van der Waals surface area contributed by atoms with E-state index in [1.54, 1.807) is 11.3 Å². The highest BCUT2D eigenvalue weighted by Crippen LogP contribution is 2.13. The molecular weight excluding hydrogens is 216 g/mol. The van der Waals surface area contributed by atoms with Crippen LogP contribution in [-0.4, -0.2) is 9.55 Å². The van der Waals surface area contributed by atoms with E-state index in [1.807, 2.05) is 12.4 Å². The van der Waals surface area contributed by atoms with Gasteiger partial charge in [-0.05, 0) is 40.9 Å². The number of para-hydroxylation sites is 2. The van der Waals surface area contributed by atoms with Crippen molar-refractivity contribution in [2.75, 3.05) is 0 Å². The number of hydrogen-bond donors (Lipinski definition) is 0. The molecule has 0 atom stereocenters. The molecule has 0 N–H and O–H groups in total. The van der Waals surface area contributed by atoms with Gasteiger partial charge in [0.05, 0.1) is 17.4 Å². The zero-order chi connectivity index (χ0) is 10.8. The fraction of sp³-hybridized carbons (Fsp3) is 0.154. The van der Waals surface area contributed by atoms with Crippen molar-refractivity contribution in [2.45, 2.75) is 13.0 Å². The molecule has 2 heterocycles. The molecule has 0 aliphatic rings. The van der Waals surface area contributed by atoms with Gasteiger partial charge >= 0.3 is 0 Å². The van der Waals surface area contributed by atoms with Crippen molar-refractivity contribution in [3.63, 3.8) is 0 Å². The van der Waals surface area contributed by atoms with E-state index in [2.05, 4.69) is 44.6 Å². The molecule has 2 nitrogen and oxygen atoms in total. The van der Waals surface area contributed by atoms with E-state index in [1.165, 1.54) is 11.1 Å². The van der Waals surface area contributed by atoms with Crippen LogP contribution in [0.2, 0.25) is 0 Å². The van der Waals surface area contributed by atoms with Crippen molar-refractivity contribution in [1.29, 1.82) is 0 Å². The van der Waals surface area contributed by atoms with Crippen LogP contribution in [0, 0.1) is 0 Å². The van der Waals surface area contributed by atoms with Crippen LogP contribution in [0.25, 0.3) is 11.0 Å². The van der Waals surface area contributed by atoms with Crippen molar-refractivity contribution in [1.82, 2.24) is 9.55 Å². The van der Waals surface area contributed by atoms with Gasteiger partial charge in [0.1, 0.15) is 0 Å². The summed E-state index contributed by atoms with van der Waals surface area (Å²) in [6.07, 6.45) is 3.00. The molecule has 3 aromatic rings. The van der Waals surface area contributed by atoms with E-state index in [4.69, 9.17) is 0 Å². The first-order valence-corrected chi connectivity index (χ1v) is 6.29. The van der Waals surface area contributed by atoms with Crippen molar-refractivity contribution in [3.05, 3.63) is 53.0 Å². The molecule has 0 aliphatic heterocycles. The second-order valence-electron chi connectivity index (χ2n) is 3.81. The van der Waals surface area contributed by atoms with Gasteiger partial charge in [-0.25, -0.2) is 4.98 Å². The maximum Gasteiger partial charge on any atom is 0.0958 e. The standard InChI is InChI=1S/C13H12N2S/c1-2-4-13-12(3-1)14-10-15(13)7-5-11-6-8-16-9-11/h1-4,6,8-10H,5,7H2. The second-order valence-corrected chi connectivity index (χ2v) is 4.59. The second kappa shape index (κ2) is 4.10. The van der Waals surface area contributed by atoms with E-state index in [0.29, 0.717) is 0 Å². The van der Waals surface area contributed by atoms with Gasteiger partial charge in [0, 0.05) is 6.54 Å². The molecule has 0 fully saturated rings. The fourth-order valence-corrected chi connectivity index (χ4v) is 2.58. The van der Waals surface area contributed by atoms with E-state index in [9.17, 15) is 0 Å². The molecule has 3 heteroatoms. The molecule has 0 unspecified atom stereocenters. The molecule has 0 aliphatic carbocycles. The van der Waals surface area contributed by atoms with Crippen molar-refractivity contribution >= 4 is 22.4 Å². The van der Waals surface area contributed by atoms with Crippen LogP contribution >= 0.6 is 11.3 Å². The van der Waals surface area contributed by atoms with Crippen LogP contribution < -0.4 is 0 Å². The van der Waals surface area contributed by atoms with Crippen LogP contribution in [-0.2, 0) is 13.0 Å². The number of fused-ring (bicyclic) bond motifs is 1. The maximum atomic E-state index is 4.38. The lowest BCUT2D eigenvalue weighted by atomic mass is 10.2. The van der Waals surface area contributed by atoms with Gasteiger partial charge in [-0.2, -0.15) is 11.3 Å². The van der Waals surface area contributed by atoms with Crippen LogP contribution in [0.3, 0.4) is 0 Å². The smallest absolute Gasteiger partial charge is 0.0958 e. The lowest BCUT2D eigenvalue weighted by molar-refractivity contribution is 0.717. The largest absolute Gasteiger partial charge is 0.330 e. The maximum absolute atomic E-state index is 4.38. The number of imidazole rings is 1. The number of nitrogens with zero attached hydrogens (tertiary/aromatic N) is 2. The highest BCUT2D eigenvalue weighted by Gasteiger charge is 2.01. The summed E-state index contributed by atoms with van der Waals surface area (Å²) in [5.41, 5.74) is 3.70. The summed E-state index contributed by atoms with van der Waals surface area (Å²) >= 11 is 1.76. The summed E-state index contributed by atoms with van der Waals surface area (Å²) in [7, 11) is 0. The number of benzene rings is 1. The van der Waals surface area contributed by atoms with Gasteiger partial charge in [-0.15, -0.1) is 0 Å². The Balaban J connectivity index is 1.84. The summed E-state index contributed by atoms with van der Waals surface area (Å²) in [6.45, 7) is 0.997. The Labute approximate surface area is 98.2 Å². The van der Waals surface area contributed by atoms with Gasteiger partial charge < -0.3 is 4.57 Å². The molecule has 1 aromatic carbocycles. The number of aromatic nitrogens is 2. The third-order valence-corrected chi connectivity index (χ3v) is 3.48. The first kappa shape index (κ1) is 9.60. The van der Waals surface area contributed by atoms with E-state index in [0.717, 1.165) is 18.5 Å². The Bertz CT molecular complexity index is 581. The number of thiophene rings is 1. The van der Waals surface area contributed by atoms with Gasteiger partial charge in [-0.3, -0.25) is 0 Å². The minimum Gasteiger partial charge on any atom is -0.330 e. The van der Waals surface area contributed by atoms with Crippen LogP contribution in [0.4, 0.5) is 0 Å². The molecule has 0 bridgehead atoms. The molecule has 0 amide bonds. The molecule has 0 radical (unpaired) electrons. The summed E-state index contributed by atoms with van der Waals surface area (Å²) < 4.78 is 2.22. The molecule has 16 heavy (non-hydrogen) atoms. The monoisotopic (exact) mass is 228 g/mol. The molecule has 0 saturated heterocycles. The molecular formula is C13H12N2S. The minimum absolute atomic E-state index is 0.997. The number of rotatable bonds is 3.